The predicted octanol–water partition coefficient (Wildman–Crippen LogP) is 4.39. The smallest absolute Gasteiger partial charge is 0.162 e. The Morgan fingerprint density at radius 1 is 1.13 bits per heavy atom. The lowest BCUT2D eigenvalue weighted by Crippen LogP contribution is -1.96. The quantitative estimate of drug-likeness (QED) is 0.631. The molecule has 1 aromatic carbocycles. The molecule has 1 aromatic rings. The zero-order valence-corrected chi connectivity index (χ0v) is 10.5. The van der Waals surface area contributed by atoms with E-state index >= 15 is 0 Å². The summed E-state index contributed by atoms with van der Waals surface area (Å²) in [6, 6.07) is 4.51. The summed E-state index contributed by atoms with van der Waals surface area (Å²) >= 11 is 0. The van der Waals surface area contributed by atoms with E-state index in [4.69, 9.17) is 0 Å². The van der Waals surface area contributed by atoms with E-state index in [9.17, 15) is 9.18 Å². The molecule has 0 atom stereocenters. The molecule has 0 aliphatic carbocycles. The van der Waals surface area contributed by atoms with E-state index in [1.807, 2.05) is 34.6 Å². The molecule has 0 heterocycles. The summed E-state index contributed by atoms with van der Waals surface area (Å²) in [5, 5.41) is 0. The third kappa shape index (κ3) is 6.00. The van der Waals surface area contributed by atoms with Crippen molar-refractivity contribution in [2.75, 3.05) is 0 Å². The summed E-state index contributed by atoms with van der Waals surface area (Å²) < 4.78 is 12.8. The lowest BCUT2D eigenvalue weighted by Gasteiger charge is -1.98. The number of ketones is 1. The van der Waals surface area contributed by atoms with Gasteiger partial charge in [-0.25, -0.2) is 4.39 Å². The number of benzene rings is 1. The molecule has 1 rings (SSSR count). The SMILES string of the molecule is CC.CC.CC(=O)c1cc(C)ccc1F. The topological polar surface area (TPSA) is 17.1 Å². The van der Waals surface area contributed by atoms with E-state index in [1.54, 1.807) is 12.1 Å². The van der Waals surface area contributed by atoms with E-state index < -0.39 is 5.82 Å². The van der Waals surface area contributed by atoms with Crippen LogP contribution >= 0.6 is 0 Å². The van der Waals surface area contributed by atoms with Crippen LogP contribution in [-0.2, 0) is 0 Å². The van der Waals surface area contributed by atoms with E-state index in [1.165, 1.54) is 13.0 Å². The first-order valence-electron chi connectivity index (χ1n) is 5.38. The number of hydrogen-bond acceptors (Lipinski definition) is 1. The van der Waals surface area contributed by atoms with Crippen molar-refractivity contribution >= 4 is 5.78 Å². The summed E-state index contributed by atoms with van der Waals surface area (Å²) in [7, 11) is 0. The fourth-order valence-corrected chi connectivity index (χ4v) is 0.909. The molecule has 0 saturated heterocycles. The van der Waals surface area contributed by atoms with Crippen LogP contribution in [0.2, 0.25) is 0 Å². The zero-order chi connectivity index (χ0) is 12.4. The van der Waals surface area contributed by atoms with Gasteiger partial charge in [-0.1, -0.05) is 39.3 Å². The highest BCUT2D eigenvalue weighted by molar-refractivity contribution is 5.94. The lowest BCUT2D eigenvalue weighted by atomic mass is 10.1. The maximum atomic E-state index is 12.8. The van der Waals surface area contributed by atoms with Crippen molar-refractivity contribution in [3.63, 3.8) is 0 Å². The molecule has 0 aliphatic rings. The fourth-order valence-electron chi connectivity index (χ4n) is 0.909. The van der Waals surface area contributed by atoms with Gasteiger partial charge >= 0.3 is 0 Å². The molecule has 0 spiro atoms. The molecule has 0 saturated carbocycles. The van der Waals surface area contributed by atoms with Crippen LogP contribution in [0.1, 0.15) is 50.5 Å². The number of hydrogen-bond donors (Lipinski definition) is 0. The van der Waals surface area contributed by atoms with Crippen LogP contribution in [0.15, 0.2) is 18.2 Å². The van der Waals surface area contributed by atoms with Gasteiger partial charge in [-0.15, -0.1) is 0 Å². The van der Waals surface area contributed by atoms with Crippen LogP contribution in [0.25, 0.3) is 0 Å². The third-order valence-electron chi connectivity index (χ3n) is 1.50. The summed E-state index contributed by atoms with van der Waals surface area (Å²) in [4.78, 5) is 10.8. The molecule has 0 unspecified atom stereocenters. The summed E-state index contributed by atoms with van der Waals surface area (Å²) in [6.45, 7) is 11.2. The van der Waals surface area contributed by atoms with Crippen LogP contribution < -0.4 is 0 Å². The number of carbonyl (C=O) groups is 1. The molecule has 0 radical (unpaired) electrons. The number of carbonyl (C=O) groups excluding carboxylic acids is 1. The number of halogens is 1. The van der Waals surface area contributed by atoms with Crippen LogP contribution in [0.3, 0.4) is 0 Å². The number of aryl methyl sites for hydroxylation is 1. The molecule has 0 aliphatic heterocycles. The molecule has 0 amide bonds. The van der Waals surface area contributed by atoms with Crippen molar-refractivity contribution in [3.8, 4) is 0 Å². The van der Waals surface area contributed by atoms with Crippen LogP contribution in [0.4, 0.5) is 4.39 Å². The Hall–Kier alpha value is -1.18. The summed E-state index contributed by atoms with van der Waals surface area (Å²) in [5.41, 5.74) is 1.07. The van der Waals surface area contributed by atoms with Gasteiger partial charge in [-0.05, 0) is 26.0 Å². The highest BCUT2D eigenvalue weighted by Crippen LogP contribution is 2.09. The van der Waals surface area contributed by atoms with Crippen molar-refractivity contribution in [1.29, 1.82) is 0 Å². The minimum Gasteiger partial charge on any atom is -0.294 e. The minimum absolute atomic E-state index is 0.171. The summed E-state index contributed by atoms with van der Waals surface area (Å²) in [5.74, 6) is -0.672. The second-order valence-electron chi connectivity index (χ2n) is 2.54. The second kappa shape index (κ2) is 9.38. The molecule has 0 bridgehead atoms. The first kappa shape index (κ1) is 16.3. The Morgan fingerprint density at radius 2 is 1.60 bits per heavy atom. The zero-order valence-electron chi connectivity index (χ0n) is 10.5. The number of Topliss-reactive ketones (excluding diaryl/α,β-unsaturated/α-hetero) is 1. The van der Waals surface area contributed by atoms with Crippen LogP contribution in [0, 0.1) is 12.7 Å². The van der Waals surface area contributed by atoms with Gasteiger partial charge in [-0.2, -0.15) is 0 Å². The standard InChI is InChI=1S/C9H9FO.2C2H6/c1-6-3-4-9(10)8(5-6)7(2)11;2*1-2/h3-5H,1-2H3;2*1-2H3. The lowest BCUT2D eigenvalue weighted by molar-refractivity contribution is 0.101. The highest BCUT2D eigenvalue weighted by Gasteiger charge is 2.05. The predicted molar refractivity (Wildman–Crippen MR) is 63.8 cm³/mol. The Labute approximate surface area is 92.3 Å². The molecule has 1 nitrogen and oxygen atoms in total. The van der Waals surface area contributed by atoms with E-state index in [2.05, 4.69) is 0 Å². The van der Waals surface area contributed by atoms with Crippen LogP contribution in [-0.4, -0.2) is 5.78 Å². The Morgan fingerprint density at radius 3 is 1.93 bits per heavy atom. The van der Waals surface area contributed by atoms with E-state index in [0.29, 0.717) is 0 Å². The largest absolute Gasteiger partial charge is 0.294 e. The van der Waals surface area contributed by atoms with Gasteiger partial charge in [0, 0.05) is 0 Å². The molecular weight excluding hydrogens is 191 g/mol. The van der Waals surface area contributed by atoms with Gasteiger partial charge < -0.3 is 0 Å². The normalized spacial score (nSPS) is 7.93. The van der Waals surface area contributed by atoms with Gasteiger partial charge in [0.1, 0.15) is 5.82 Å². The fraction of sp³-hybridized carbons (Fsp3) is 0.462. The van der Waals surface area contributed by atoms with Crippen molar-refractivity contribution < 1.29 is 9.18 Å². The van der Waals surface area contributed by atoms with Gasteiger partial charge in [0.15, 0.2) is 5.78 Å². The van der Waals surface area contributed by atoms with Crippen molar-refractivity contribution in [3.05, 3.63) is 35.1 Å². The first-order valence-corrected chi connectivity index (χ1v) is 5.38. The molecule has 0 aromatic heterocycles. The van der Waals surface area contributed by atoms with Crippen molar-refractivity contribution in [2.45, 2.75) is 41.5 Å². The van der Waals surface area contributed by atoms with Gasteiger partial charge in [0.05, 0.1) is 5.56 Å². The monoisotopic (exact) mass is 212 g/mol. The average molecular weight is 212 g/mol. The molecular formula is C13H21FO. The molecule has 15 heavy (non-hydrogen) atoms. The van der Waals surface area contributed by atoms with Crippen LogP contribution in [0.5, 0.6) is 0 Å². The second-order valence-corrected chi connectivity index (χ2v) is 2.54. The Bertz CT molecular complexity index is 293. The maximum absolute atomic E-state index is 12.8. The average Bonchev–Trinajstić information content (AvgIpc) is 2.27. The minimum atomic E-state index is -0.442. The van der Waals surface area contributed by atoms with Gasteiger partial charge in [0.25, 0.3) is 0 Å². The van der Waals surface area contributed by atoms with E-state index in [0.717, 1.165) is 5.56 Å². The van der Waals surface area contributed by atoms with Crippen molar-refractivity contribution in [1.82, 2.24) is 0 Å². The van der Waals surface area contributed by atoms with Crippen molar-refractivity contribution in [2.24, 2.45) is 0 Å². The Kier molecular flexibility index (Phi) is 10.2. The van der Waals surface area contributed by atoms with Gasteiger partial charge in [-0.3, -0.25) is 4.79 Å². The number of rotatable bonds is 1. The Balaban J connectivity index is 0. The van der Waals surface area contributed by atoms with Gasteiger partial charge in [0.2, 0.25) is 0 Å². The first-order chi connectivity index (χ1) is 7.11. The third-order valence-corrected chi connectivity index (χ3v) is 1.50. The molecule has 2 heteroatoms. The van der Waals surface area contributed by atoms with E-state index in [-0.39, 0.29) is 11.3 Å². The molecule has 0 fully saturated rings. The summed E-state index contributed by atoms with van der Waals surface area (Å²) in [6.07, 6.45) is 0. The maximum Gasteiger partial charge on any atom is 0.162 e. The molecule has 0 N–H and O–H groups in total. The molecule has 86 valence electrons. The highest BCUT2D eigenvalue weighted by atomic mass is 19.1.